The van der Waals surface area contributed by atoms with Crippen molar-refractivity contribution >= 4 is 34.3 Å². The molecule has 0 saturated heterocycles. The second-order valence-electron chi connectivity index (χ2n) is 5.81. The molecule has 0 atom stereocenters. The molecule has 120 valence electrons. The maximum Gasteiger partial charge on any atom is 0.128 e. The van der Waals surface area contributed by atoms with E-state index < -0.39 is 0 Å². The van der Waals surface area contributed by atoms with Crippen LogP contribution in [0.1, 0.15) is 6.42 Å². The molecule has 2 aromatic carbocycles. The normalized spacial score (nSPS) is 11.5. The van der Waals surface area contributed by atoms with Crippen LogP contribution in [0.2, 0.25) is 5.15 Å². The summed E-state index contributed by atoms with van der Waals surface area (Å²) >= 11 is 8.61. The lowest BCUT2D eigenvalue weighted by atomic mass is 10.2. The summed E-state index contributed by atoms with van der Waals surface area (Å²) in [6, 6.07) is 18.8. The maximum absolute atomic E-state index is 6.76. The largest absolute Gasteiger partial charge is 0.309 e. The number of hydrogen-bond donors (Lipinski definition) is 0. The second kappa shape index (κ2) is 7.43. The van der Waals surface area contributed by atoms with E-state index in [-0.39, 0.29) is 0 Å². The molecule has 0 radical (unpaired) electrons. The lowest BCUT2D eigenvalue weighted by Gasteiger charge is -2.09. The molecule has 0 bridgehead atoms. The van der Waals surface area contributed by atoms with Gasteiger partial charge in [-0.3, -0.25) is 4.57 Å². The Morgan fingerprint density at radius 2 is 1.70 bits per heavy atom. The van der Waals surface area contributed by atoms with E-state index in [0.717, 1.165) is 29.6 Å². The number of nitrogens with zero attached hydrogens (tertiary/aromatic N) is 2. The molecule has 0 aliphatic rings. The summed E-state index contributed by atoms with van der Waals surface area (Å²) in [5.41, 5.74) is 2.27. The third-order valence-corrected chi connectivity index (χ3v) is 5.45. The third kappa shape index (κ3) is 3.57. The molecule has 0 spiro atoms. The van der Waals surface area contributed by atoms with E-state index >= 15 is 0 Å². The molecule has 23 heavy (non-hydrogen) atoms. The quantitative estimate of drug-likeness (QED) is 0.441. The number of hydrogen-bond acceptors (Lipinski definition) is 2. The predicted octanol–water partition coefficient (Wildman–Crippen LogP) is 5.33. The van der Waals surface area contributed by atoms with Gasteiger partial charge in [-0.15, -0.1) is 11.8 Å². The molecular formula is C19H21ClN2S. The molecule has 4 heteroatoms. The minimum Gasteiger partial charge on any atom is -0.309 e. The number of para-hydroxylation sites is 2. The summed E-state index contributed by atoms with van der Waals surface area (Å²) in [6.45, 7) is 1.10. The first kappa shape index (κ1) is 16.4. The minimum absolute atomic E-state index is 0.812. The van der Waals surface area contributed by atoms with Gasteiger partial charge in [-0.05, 0) is 51.0 Å². The van der Waals surface area contributed by atoms with Gasteiger partial charge in [0.05, 0.1) is 10.4 Å². The van der Waals surface area contributed by atoms with Gasteiger partial charge in [0.1, 0.15) is 5.15 Å². The van der Waals surface area contributed by atoms with Crippen LogP contribution in [0, 0.1) is 0 Å². The van der Waals surface area contributed by atoms with E-state index in [1.54, 1.807) is 0 Å². The summed E-state index contributed by atoms with van der Waals surface area (Å²) in [6.07, 6.45) is 1.15. The summed E-state index contributed by atoms with van der Waals surface area (Å²) < 4.78 is 2.14. The average molecular weight is 345 g/mol. The SMILES string of the molecule is CN(C)CCCSc1c(Cl)n(-c2ccccc2)c2ccccc12. The number of fused-ring (bicyclic) bond motifs is 1. The predicted molar refractivity (Wildman–Crippen MR) is 102 cm³/mol. The van der Waals surface area contributed by atoms with Crippen LogP contribution in [0.25, 0.3) is 16.6 Å². The Hall–Kier alpha value is -1.42. The standard InChI is InChI=1S/C19H21ClN2S/c1-21(2)13-8-14-23-18-16-11-6-7-12-17(16)22(19(18)20)15-9-4-3-5-10-15/h3-7,9-12H,8,13-14H2,1-2H3. The van der Waals surface area contributed by atoms with Crippen LogP contribution in [-0.2, 0) is 0 Å². The molecule has 0 amide bonds. The molecule has 0 saturated carbocycles. The Kier molecular flexibility index (Phi) is 5.31. The minimum atomic E-state index is 0.812. The van der Waals surface area contributed by atoms with Crippen molar-refractivity contribution in [1.29, 1.82) is 0 Å². The topological polar surface area (TPSA) is 8.17 Å². The summed E-state index contributed by atoms with van der Waals surface area (Å²) in [5, 5.41) is 2.04. The van der Waals surface area contributed by atoms with Crippen LogP contribution in [0.15, 0.2) is 59.5 Å². The zero-order valence-corrected chi connectivity index (χ0v) is 15.1. The molecule has 2 nitrogen and oxygen atoms in total. The first-order valence-electron chi connectivity index (χ1n) is 7.80. The molecule has 3 aromatic rings. The van der Waals surface area contributed by atoms with Gasteiger partial charge in [-0.2, -0.15) is 0 Å². The smallest absolute Gasteiger partial charge is 0.128 e. The number of thioether (sulfide) groups is 1. The van der Waals surface area contributed by atoms with E-state index in [0.29, 0.717) is 0 Å². The fourth-order valence-electron chi connectivity index (χ4n) is 2.70. The van der Waals surface area contributed by atoms with E-state index in [1.807, 2.05) is 30.0 Å². The Morgan fingerprint density at radius 3 is 2.43 bits per heavy atom. The molecule has 1 heterocycles. The fraction of sp³-hybridized carbons (Fsp3) is 0.263. The number of aromatic nitrogens is 1. The summed E-state index contributed by atoms with van der Waals surface area (Å²) in [4.78, 5) is 3.40. The van der Waals surface area contributed by atoms with Crippen LogP contribution >= 0.6 is 23.4 Å². The molecule has 0 unspecified atom stereocenters. The van der Waals surface area contributed by atoms with Gasteiger partial charge >= 0.3 is 0 Å². The van der Waals surface area contributed by atoms with Gasteiger partial charge in [-0.1, -0.05) is 48.0 Å². The van der Waals surface area contributed by atoms with E-state index in [2.05, 4.69) is 60.0 Å². The zero-order chi connectivity index (χ0) is 16.2. The Morgan fingerprint density at radius 1 is 1.00 bits per heavy atom. The van der Waals surface area contributed by atoms with Crippen LogP contribution < -0.4 is 0 Å². The lowest BCUT2D eigenvalue weighted by molar-refractivity contribution is 0.410. The first-order chi connectivity index (χ1) is 11.2. The monoisotopic (exact) mass is 344 g/mol. The van der Waals surface area contributed by atoms with Gasteiger partial charge in [0.25, 0.3) is 0 Å². The first-order valence-corrected chi connectivity index (χ1v) is 9.16. The van der Waals surface area contributed by atoms with Gasteiger partial charge in [0, 0.05) is 11.1 Å². The van der Waals surface area contributed by atoms with Gasteiger partial charge < -0.3 is 4.90 Å². The molecule has 1 aromatic heterocycles. The molecular weight excluding hydrogens is 324 g/mol. The van der Waals surface area contributed by atoms with Gasteiger partial charge in [0.15, 0.2) is 0 Å². The third-order valence-electron chi connectivity index (χ3n) is 3.78. The highest BCUT2D eigenvalue weighted by Crippen LogP contribution is 2.39. The van der Waals surface area contributed by atoms with Gasteiger partial charge in [0.2, 0.25) is 0 Å². The molecule has 0 aliphatic heterocycles. The van der Waals surface area contributed by atoms with Crippen molar-refractivity contribution < 1.29 is 0 Å². The lowest BCUT2D eigenvalue weighted by Crippen LogP contribution is -2.13. The van der Waals surface area contributed by atoms with Crippen molar-refractivity contribution in [3.63, 3.8) is 0 Å². The fourth-order valence-corrected chi connectivity index (χ4v) is 4.17. The summed E-state index contributed by atoms with van der Waals surface area (Å²) in [5.74, 6) is 1.07. The molecule has 3 rings (SSSR count). The van der Waals surface area contributed by atoms with Crippen LogP contribution in [0.4, 0.5) is 0 Å². The van der Waals surface area contributed by atoms with Crippen LogP contribution in [0.5, 0.6) is 0 Å². The van der Waals surface area contributed by atoms with Crippen molar-refractivity contribution in [2.75, 3.05) is 26.4 Å². The zero-order valence-electron chi connectivity index (χ0n) is 13.5. The second-order valence-corrected chi connectivity index (χ2v) is 7.28. The molecule has 0 aliphatic carbocycles. The van der Waals surface area contributed by atoms with Gasteiger partial charge in [-0.25, -0.2) is 0 Å². The van der Waals surface area contributed by atoms with Crippen molar-refractivity contribution in [3.8, 4) is 5.69 Å². The maximum atomic E-state index is 6.76. The molecule has 0 N–H and O–H groups in total. The highest BCUT2D eigenvalue weighted by Gasteiger charge is 2.16. The number of benzene rings is 2. The van der Waals surface area contributed by atoms with Crippen molar-refractivity contribution in [2.45, 2.75) is 11.3 Å². The van der Waals surface area contributed by atoms with Crippen LogP contribution in [0.3, 0.4) is 0 Å². The van der Waals surface area contributed by atoms with Crippen molar-refractivity contribution in [3.05, 3.63) is 59.8 Å². The summed E-state index contributed by atoms with van der Waals surface area (Å²) in [7, 11) is 4.22. The number of halogens is 1. The Balaban J connectivity index is 1.97. The average Bonchev–Trinajstić information content (AvgIpc) is 2.84. The van der Waals surface area contributed by atoms with E-state index in [4.69, 9.17) is 11.6 Å². The van der Waals surface area contributed by atoms with E-state index in [9.17, 15) is 0 Å². The molecule has 0 fully saturated rings. The van der Waals surface area contributed by atoms with Crippen molar-refractivity contribution in [2.24, 2.45) is 0 Å². The Bertz CT molecular complexity index is 781. The Labute approximate surface area is 147 Å². The highest BCUT2D eigenvalue weighted by atomic mass is 35.5. The number of rotatable bonds is 6. The van der Waals surface area contributed by atoms with Crippen LogP contribution in [-0.4, -0.2) is 35.9 Å². The highest BCUT2D eigenvalue weighted by molar-refractivity contribution is 7.99. The van der Waals surface area contributed by atoms with E-state index in [1.165, 1.54) is 15.8 Å². The van der Waals surface area contributed by atoms with Crippen molar-refractivity contribution in [1.82, 2.24) is 9.47 Å².